The number of amidine groups is 1. The number of rotatable bonds is 3. The van der Waals surface area contributed by atoms with Gasteiger partial charge in [-0.2, -0.15) is 4.99 Å². The minimum absolute atomic E-state index is 0.0880. The second-order valence-electron chi connectivity index (χ2n) is 8.01. The van der Waals surface area contributed by atoms with Crippen molar-refractivity contribution in [3.05, 3.63) is 63.1 Å². The maximum absolute atomic E-state index is 12.8. The van der Waals surface area contributed by atoms with Gasteiger partial charge in [-0.25, -0.2) is 8.42 Å². The second-order valence-corrected chi connectivity index (χ2v) is 12.3. The minimum Gasteiger partial charge on any atom is -0.315 e. The third kappa shape index (κ3) is 4.36. The fourth-order valence-electron chi connectivity index (χ4n) is 4.25. The van der Waals surface area contributed by atoms with Gasteiger partial charge in [-0.1, -0.05) is 57.5 Å². The Morgan fingerprint density at radius 1 is 1.17 bits per heavy atom. The summed E-state index contributed by atoms with van der Waals surface area (Å²) in [7, 11) is -3.10. The summed E-state index contributed by atoms with van der Waals surface area (Å²) in [5.74, 6) is -0.00757. The van der Waals surface area contributed by atoms with Gasteiger partial charge in [0.25, 0.3) is 5.91 Å². The predicted octanol–water partition coefficient (Wildman–Crippen LogP) is 4.22. The van der Waals surface area contributed by atoms with E-state index in [4.69, 9.17) is 0 Å². The summed E-state index contributed by atoms with van der Waals surface area (Å²) in [5, 5.41) is 0.494. The first kappa shape index (κ1) is 21.6. The summed E-state index contributed by atoms with van der Waals surface area (Å²) in [6, 6.07) is 11.7. The Morgan fingerprint density at radius 3 is 2.53 bits per heavy atom. The number of hydrogen-bond acceptors (Lipinski definition) is 4. The van der Waals surface area contributed by atoms with Gasteiger partial charge in [0.05, 0.1) is 24.0 Å². The van der Waals surface area contributed by atoms with E-state index < -0.39 is 9.84 Å². The van der Waals surface area contributed by atoms with E-state index in [1.54, 1.807) is 0 Å². The smallest absolute Gasteiger partial charge is 0.252 e. The van der Waals surface area contributed by atoms with Crippen molar-refractivity contribution in [1.82, 2.24) is 0 Å². The minimum atomic E-state index is -3.10. The molecule has 0 aromatic heterocycles. The summed E-state index contributed by atoms with van der Waals surface area (Å²) in [6.45, 7) is 6.00. The summed E-state index contributed by atoms with van der Waals surface area (Å²) in [6.07, 6.45) is 0.228. The third-order valence-corrected chi connectivity index (χ3v) is 9.09. The van der Waals surface area contributed by atoms with Gasteiger partial charge in [-0.15, -0.1) is 0 Å². The van der Waals surface area contributed by atoms with E-state index >= 15 is 0 Å². The van der Waals surface area contributed by atoms with Crippen molar-refractivity contribution in [2.45, 2.75) is 38.5 Å². The van der Waals surface area contributed by atoms with Crippen molar-refractivity contribution in [3.8, 4) is 0 Å². The molecule has 2 heterocycles. The van der Waals surface area contributed by atoms with Crippen LogP contribution in [0.25, 0.3) is 0 Å². The molecule has 2 aromatic carbocycles. The number of halogens is 1. The number of amides is 1. The lowest BCUT2D eigenvalue weighted by Gasteiger charge is -2.28. The van der Waals surface area contributed by atoms with E-state index in [-0.39, 0.29) is 35.1 Å². The van der Waals surface area contributed by atoms with Gasteiger partial charge in [-0.3, -0.25) is 4.79 Å². The van der Waals surface area contributed by atoms with Crippen LogP contribution in [0.3, 0.4) is 0 Å². The van der Waals surface area contributed by atoms with E-state index in [0.717, 1.165) is 32.4 Å². The highest BCUT2D eigenvalue weighted by atomic mass is 79.9. The molecule has 0 spiro atoms. The fourth-order valence-corrected chi connectivity index (χ4v) is 8.86. The highest BCUT2D eigenvalue weighted by Crippen LogP contribution is 2.43. The third-order valence-electron chi connectivity index (χ3n) is 5.42. The molecule has 2 aromatic rings. The molecule has 0 radical (unpaired) electrons. The quantitative estimate of drug-likeness (QED) is 0.623. The van der Waals surface area contributed by atoms with E-state index in [2.05, 4.69) is 20.9 Å². The standard InChI is InChI=1S/C22H23BrN2O3S2/c1-13-5-4-6-16(7-13)10-20(26)24-22-25(18-11-30(27,28)12-19(18)29-22)21-14(2)8-17(23)9-15(21)3/h4-9,18-19H,10-12H2,1-3H3/t18-,19-/m0/s1. The fraction of sp³-hybridized carbons (Fsp3) is 0.364. The maximum atomic E-state index is 12.8. The van der Waals surface area contributed by atoms with Gasteiger partial charge in [0.15, 0.2) is 15.0 Å². The topological polar surface area (TPSA) is 66.8 Å². The number of carbonyl (C=O) groups excluding carboxylic acids is 1. The molecule has 2 atom stereocenters. The van der Waals surface area contributed by atoms with Crippen LogP contribution in [0.1, 0.15) is 22.3 Å². The first-order valence-electron chi connectivity index (χ1n) is 9.73. The lowest BCUT2D eigenvalue weighted by molar-refractivity contribution is -0.117. The molecule has 0 bridgehead atoms. The summed E-state index contributed by atoms with van der Waals surface area (Å²) >= 11 is 4.94. The number of fused-ring (bicyclic) bond motifs is 1. The van der Waals surface area contributed by atoms with E-state index in [9.17, 15) is 13.2 Å². The Kier molecular flexibility index (Phi) is 5.85. The SMILES string of the molecule is Cc1cccc(CC(=O)N=C2S[C@H]3CS(=O)(=O)C[C@@H]3N2c2c(C)cc(Br)cc2C)c1. The van der Waals surface area contributed by atoms with Crippen LogP contribution in [-0.2, 0) is 21.1 Å². The largest absolute Gasteiger partial charge is 0.315 e. The van der Waals surface area contributed by atoms with Crippen LogP contribution < -0.4 is 4.90 Å². The van der Waals surface area contributed by atoms with Gasteiger partial charge < -0.3 is 4.90 Å². The zero-order valence-corrected chi connectivity index (χ0v) is 20.3. The van der Waals surface area contributed by atoms with Crippen LogP contribution in [0.5, 0.6) is 0 Å². The molecular weight excluding hydrogens is 484 g/mol. The lowest BCUT2D eigenvalue weighted by Crippen LogP contribution is -2.38. The monoisotopic (exact) mass is 506 g/mol. The molecule has 158 valence electrons. The van der Waals surface area contributed by atoms with Crippen LogP contribution in [-0.4, -0.2) is 42.3 Å². The lowest BCUT2D eigenvalue weighted by atomic mass is 10.1. The van der Waals surface area contributed by atoms with Crippen molar-refractivity contribution in [3.63, 3.8) is 0 Å². The van der Waals surface area contributed by atoms with E-state index in [1.807, 2.05) is 62.1 Å². The van der Waals surface area contributed by atoms with E-state index in [1.165, 1.54) is 11.8 Å². The molecule has 1 amide bonds. The summed E-state index contributed by atoms with van der Waals surface area (Å²) < 4.78 is 25.6. The Bertz CT molecular complexity index is 1140. The number of nitrogens with zero attached hydrogens (tertiary/aromatic N) is 2. The van der Waals surface area contributed by atoms with Gasteiger partial charge >= 0.3 is 0 Å². The average molecular weight is 507 g/mol. The van der Waals surface area contributed by atoms with Crippen LogP contribution in [0.15, 0.2) is 45.9 Å². The molecule has 0 unspecified atom stereocenters. The zero-order chi connectivity index (χ0) is 21.6. The van der Waals surface area contributed by atoms with Gasteiger partial charge in [-0.05, 0) is 49.6 Å². The Balaban J connectivity index is 1.71. The van der Waals surface area contributed by atoms with Crippen LogP contribution in [0.4, 0.5) is 5.69 Å². The summed E-state index contributed by atoms with van der Waals surface area (Å²) in [5.41, 5.74) is 5.01. The zero-order valence-electron chi connectivity index (χ0n) is 17.1. The van der Waals surface area contributed by atoms with Crippen molar-refractivity contribution in [2.75, 3.05) is 16.4 Å². The molecule has 4 rings (SSSR count). The number of anilines is 1. The van der Waals surface area contributed by atoms with Gasteiger partial charge in [0, 0.05) is 15.4 Å². The number of sulfone groups is 1. The number of carbonyl (C=O) groups is 1. The highest BCUT2D eigenvalue weighted by molar-refractivity contribution is 9.10. The molecule has 5 nitrogen and oxygen atoms in total. The normalized spacial score (nSPS) is 23.7. The highest BCUT2D eigenvalue weighted by Gasteiger charge is 2.50. The van der Waals surface area contributed by atoms with Crippen LogP contribution in [0.2, 0.25) is 0 Å². The predicted molar refractivity (Wildman–Crippen MR) is 127 cm³/mol. The number of hydrogen-bond donors (Lipinski definition) is 0. The van der Waals surface area contributed by atoms with Crippen molar-refractivity contribution in [2.24, 2.45) is 4.99 Å². The molecule has 2 fully saturated rings. The number of benzene rings is 2. The molecule has 8 heteroatoms. The Labute approximate surface area is 190 Å². The van der Waals surface area contributed by atoms with Crippen molar-refractivity contribution >= 4 is 54.3 Å². The molecule has 2 aliphatic rings. The molecule has 2 aliphatic heterocycles. The molecule has 30 heavy (non-hydrogen) atoms. The van der Waals surface area contributed by atoms with Crippen LogP contribution >= 0.6 is 27.7 Å². The van der Waals surface area contributed by atoms with Crippen molar-refractivity contribution < 1.29 is 13.2 Å². The number of aryl methyl sites for hydroxylation is 3. The number of aliphatic imine (C=N–C) groups is 1. The Morgan fingerprint density at radius 2 is 1.87 bits per heavy atom. The molecular formula is C22H23BrN2O3S2. The van der Waals surface area contributed by atoms with Crippen molar-refractivity contribution in [1.29, 1.82) is 0 Å². The van der Waals surface area contributed by atoms with E-state index in [0.29, 0.717) is 5.17 Å². The maximum Gasteiger partial charge on any atom is 0.252 e. The number of thioether (sulfide) groups is 1. The molecule has 2 saturated heterocycles. The first-order chi connectivity index (χ1) is 14.1. The molecule has 0 saturated carbocycles. The summed E-state index contributed by atoms with van der Waals surface area (Å²) in [4.78, 5) is 19.2. The average Bonchev–Trinajstić information content (AvgIpc) is 3.06. The molecule has 0 N–H and O–H groups in total. The van der Waals surface area contributed by atoms with Gasteiger partial charge in [0.1, 0.15) is 0 Å². The Hall–Kier alpha value is -1.64. The molecule has 0 aliphatic carbocycles. The van der Waals surface area contributed by atoms with Crippen LogP contribution in [0, 0.1) is 20.8 Å². The first-order valence-corrected chi connectivity index (χ1v) is 13.2. The van der Waals surface area contributed by atoms with Gasteiger partial charge in [0.2, 0.25) is 0 Å². The second kappa shape index (κ2) is 8.13.